The molecule has 0 unspecified atom stereocenters. The fourth-order valence-electron chi connectivity index (χ4n) is 2.57. The van der Waals surface area contributed by atoms with Crippen LogP contribution >= 0.6 is 11.6 Å². The van der Waals surface area contributed by atoms with Gasteiger partial charge in [0.15, 0.2) is 0 Å². The molecule has 3 nitrogen and oxygen atoms in total. The first-order valence-corrected chi connectivity index (χ1v) is 8.96. The first-order valence-electron chi connectivity index (χ1n) is 8.42. The molecule has 135 valence electrons. The third kappa shape index (κ3) is 6.87. The van der Waals surface area contributed by atoms with Crippen LogP contribution in [0, 0.1) is 12.1 Å². The van der Waals surface area contributed by atoms with Crippen molar-refractivity contribution >= 4 is 35.0 Å². The number of rotatable bonds is 8. The first-order chi connectivity index (χ1) is 12.2. The molecule has 1 N–H and O–H groups in total. The topological polar surface area (TPSA) is 32.3 Å². The van der Waals surface area contributed by atoms with Gasteiger partial charge in [-0.1, -0.05) is 12.6 Å². The van der Waals surface area contributed by atoms with E-state index in [0.717, 1.165) is 36.4 Å². The second-order valence-corrected chi connectivity index (χ2v) is 6.02. The smallest absolute Gasteiger partial charge is 0.254 e. The SMILES string of the molecule is C[C-]=Cc1[c-]ccc(NC(=O)c2ccc(N(CCC)CCCl)cc2)c1.[Y]. The zero-order chi connectivity index (χ0) is 18.1. The maximum absolute atomic E-state index is 12.4. The maximum atomic E-state index is 12.4. The summed E-state index contributed by atoms with van der Waals surface area (Å²) in [5.74, 6) is 0.451. The molecule has 0 atom stereocenters. The van der Waals surface area contributed by atoms with Gasteiger partial charge in [-0.25, -0.2) is 12.1 Å². The molecule has 1 radical (unpaired) electrons. The van der Waals surface area contributed by atoms with Crippen LogP contribution in [0.3, 0.4) is 0 Å². The number of nitrogens with zero attached hydrogens (tertiary/aromatic N) is 1. The Balaban J connectivity index is 0.00000338. The Bertz CT molecular complexity index is 710. The molecular formula is C21H23ClN2OY-2. The minimum absolute atomic E-state index is 0. The second-order valence-electron chi connectivity index (χ2n) is 5.64. The Morgan fingerprint density at radius 1 is 1.27 bits per heavy atom. The third-order valence-electron chi connectivity index (χ3n) is 3.72. The molecule has 2 aromatic carbocycles. The summed E-state index contributed by atoms with van der Waals surface area (Å²) < 4.78 is 0. The molecule has 1 amide bonds. The van der Waals surface area contributed by atoms with Gasteiger partial charge < -0.3 is 27.9 Å². The molecule has 26 heavy (non-hydrogen) atoms. The van der Waals surface area contributed by atoms with Crippen molar-refractivity contribution in [2.75, 3.05) is 29.2 Å². The molecule has 0 heterocycles. The number of benzene rings is 2. The Morgan fingerprint density at radius 2 is 2.00 bits per heavy atom. The number of nitrogens with one attached hydrogen (secondary N) is 1. The summed E-state index contributed by atoms with van der Waals surface area (Å²) in [5, 5.41) is 2.91. The van der Waals surface area contributed by atoms with E-state index < -0.39 is 0 Å². The van der Waals surface area contributed by atoms with Crippen LogP contribution in [0.2, 0.25) is 0 Å². The Labute approximate surface area is 186 Å². The number of alkyl halides is 1. The molecule has 2 aromatic rings. The Hall–Kier alpha value is -1.16. The second kappa shape index (κ2) is 12.3. The standard InChI is InChI=1S/C21H23ClN2O.Y/c1-3-6-17-7-5-8-19(16-17)23-21(25)18-9-11-20(12-10-18)24(14-4-2)15-13-22;/h5-6,8-12,16H,4,13-15H2,1-2H3,(H,23,25);/q-2;. The third-order valence-corrected chi connectivity index (χ3v) is 3.89. The average molecular weight is 444 g/mol. The molecule has 0 aliphatic carbocycles. The van der Waals surface area contributed by atoms with Crippen LogP contribution in [0.15, 0.2) is 42.5 Å². The van der Waals surface area contributed by atoms with Crippen LogP contribution in [0.4, 0.5) is 11.4 Å². The molecule has 0 bridgehead atoms. The zero-order valence-electron chi connectivity index (χ0n) is 15.3. The molecule has 0 fully saturated rings. The molecule has 0 saturated carbocycles. The van der Waals surface area contributed by atoms with E-state index in [1.54, 1.807) is 6.07 Å². The summed E-state index contributed by atoms with van der Waals surface area (Å²) in [5.41, 5.74) is 3.33. The molecule has 0 spiro atoms. The van der Waals surface area contributed by atoms with E-state index in [1.165, 1.54) is 0 Å². The molecular weight excluding hydrogens is 421 g/mol. The summed E-state index contributed by atoms with van der Waals surface area (Å²) >= 11 is 5.87. The minimum Gasteiger partial charge on any atom is -0.370 e. The van der Waals surface area contributed by atoms with E-state index in [9.17, 15) is 4.79 Å². The van der Waals surface area contributed by atoms with Crippen LogP contribution in [0.25, 0.3) is 6.08 Å². The quantitative estimate of drug-likeness (QED) is 0.458. The number of halogens is 1. The number of hydrogen-bond acceptors (Lipinski definition) is 2. The molecule has 0 aliphatic rings. The molecule has 0 aliphatic heterocycles. The van der Waals surface area contributed by atoms with Gasteiger partial charge in [0.25, 0.3) is 5.91 Å². The fraction of sp³-hybridized carbons (Fsp3) is 0.286. The number of anilines is 2. The van der Waals surface area contributed by atoms with E-state index in [2.05, 4.69) is 29.3 Å². The van der Waals surface area contributed by atoms with Gasteiger partial charge >= 0.3 is 0 Å². The summed E-state index contributed by atoms with van der Waals surface area (Å²) in [6.45, 7) is 5.71. The molecule has 0 saturated heterocycles. The zero-order valence-corrected chi connectivity index (χ0v) is 18.9. The van der Waals surface area contributed by atoms with E-state index in [4.69, 9.17) is 11.6 Å². The van der Waals surface area contributed by atoms with Gasteiger partial charge in [0.05, 0.1) is 0 Å². The van der Waals surface area contributed by atoms with E-state index in [0.29, 0.717) is 11.4 Å². The van der Waals surface area contributed by atoms with Crippen molar-refractivity contribution in [1.29, 1.82) is 0 Å². The van der Waals surface area contributed by atoms with Gasteiger partial charge in [-0.3, -0.25) is 4.79 Å². The van der Waals surface area contributed by atoms with Crippen molar-refractivity contribution in [3.8, 4) is 0 Å². The van der Waals surface area contributed by atoms with E-state index >= 15 is 0 Å². The van der Waals surface area contributed by atoms with Gasteiger partial charge in [0.2, 0.25) is 0 Å². The number of carbonyl (C=O) groups excluding carboxylic acids is 1. The monoisotopic (exact) mass is 443 g/mol. The minimum atomic E-state index is -0.132. The summed E-state index contributed by atoms with van der Waals surface area (Å²) in [7, 11) is 0. The van der Waals surface area contributed by atoms with Crippen LogP contribution in [-0.4, -0.2) is 24.9 Å². The predicted octanol–water partition coefficient (Wildman–Crippen LogP) is 5.03. The van der Waals surface area contributed by atoms with Gasteiger partial charge in [-0.05, 0) is 30.7 Å². The number of allylic oxidation sites excluding steroid dienone is 1. The van der Waals surface area contributed by atoms with Crippen molar-refractivity contribution in [2.24, 2.45) is 0 Å². The van der Waals surface area contributed by atoms with Crippen molar-refractivity contribution in [1.82, 2.24) is 0 Å². The van der Waals surface area contributed by atoms with Crippen LogP contribution in [-0.2, 0) is 32.7 Å². The molecule has 0 aromatic heterocycles. The van der Waals surface area contributed by atoms with Crippen molar-refractivity contribution in [3.05, 3.63) is 65.7 Å². The van der Waals surface area contributed by atoms with Crippen LogP contribution < -0.4 is 10.2 Å². The maximum Gasteiger partial charge on any atom is 0.254 e. The summed E-state index contributed by atoms with van der Waals surface area (Å²) in [6, 6.07) is 16.2. The Kier molecular flexibility index (Phi) is 10.8. The predicted molar refractivity (Wildman–Crippen MR) is 106 cm³/mol. The van der Waals surface area contributed by atoms with Gasteiger partial charge in [0.1, 0.15) is 0 Å². The Morgan fingerprint density at radius 3 is 2.62 bits per heavy atom. The molecule has 5 heteroatoms. The van der Waals surface area contributed by atoms with Gasteiger partial charge in [-0.2, -0.15) is 6.07 Å². The van der Waals surface area contributed by atoms with Crippen molar-refractivity contribution in [3.63, 3.8) is 0 Å². The van der Waals surface area contributed by atoms with Crippen molar-refractivity contribution < 1.29 is 37.5 Å². The van der Waals surface area contributed by atoms with Crippen molar-refractivity contribution in [2.45, 2.75) is 20.3 Å². The molecule has 2 rings (SSSR count). The van der Waals surface area contributed by atoms with Crippen LogP contribution in [0.1, 0.15) is 36.2 Å². The van der Waals surface area contributed by atoms with E-state index in [1.807, 2.05) is 49.4 Å². The van der Waals surface area contributed by atoms with Crippen LogP contribution in [0.5, 0.6) is 0 Å². The summed E-state index contributed by atoms with van der Waals surface area (Å²) in [4.78, 5) is 14.7. The summed E-state index contributed by atoms with van der Waals surface area (Å²) in [6.07, 6.45) is 5.83. The largest absolute Gasteiger partial charge is 0.370 e. The normalized spacial score (nSPS) is 10.4. The number of amides is 1. The van der Waals surface area contributed by atoms with Gasteiger partial charge in [-0.15, -0.1) is 24.6 Å². The number of carbonyl (C=O) groups is 1. The fourth-order valence-corrected chi connectivity index (χ4v) is 2.77. The average Bonchev–Trinajstić information content (AvgIpc) is 2.62. The van der Waals surface area contributed by atoms with Gasteiger partial charge in [0, 0.05) is 62.9 Å². The first kappa shape index (κ1) is 22.9. The van der Waals surface area contributed by atoms with E-state index in [-0.39, 0.29) is 38.6 Å². The number of hydrogen-bond donors (Lipinski definition) is 1.